The van der Waals surface area contributed by atoms with Crippen LogP contribution in [0, 0.1) is 5.92 Å². The van der Waals surface area contributed by atoms with Gasteiger partial charge < -0.3 is 20.6 Å². The minimum Gasteiger partial charge on any atom is -0.481 e. The standard InChI is InChI=1S/C15H19N3O4/c19-13(11-4-2-1-3-5-11)16-7-8-17-15(22)18-9-6-12(10-18)14(20)21/h1-5,12H,6-10H2,(H,16,19)(H,17,22)(H,20,21). The van der Waals surface area contributed by atoms with Crippen LogP contribution in [-0.4, -0.2) is 54.1 Å². The Morgan fingerprint density at radius 3 is 2.45 bits per heavy atom. The van der Waals surface area contributed by atoms with Crippen molar-refractivity contribution in [2.75, 3.05) is 26.2 Å². The van der Waals surface area contributed by atoms with Crippen LogP contribution in [0.3, 0.4) is 0 Å². The van der Waals surface area contributed by atoms with Gasteiger partial charge in [0.05, 0.1) is 5.92 Å². The summed E-state index contributed by atoms with van der Waals surface area (Å²) in [6.07, 6.45) is 0.480. The second-order valence-corrected chi connectivity index (χ2v) is 5.12. The largest absolute Gasteiger partial charge is 0.481 e. The number of carbonyl (C=O) groups is 3. The highest BCUT2D eigenvalue weighted by Crippen LogP contribution is 2.15. The van der Waals surface area contributed by atoms with E-state index in [0.29, 0.717) is 31.6 Å². The first-order chi connectivity index (χ1) is 10.6. The van der Waals surface area contributed by atoms with Crippen molar-refractivity contribution in [2.45, 2.75) is 6.42 Å². The van der Waals surface area contributed by atoms with Crippen LogP contribution in [0.1, 0.15) is 16.8 Å². The highest BCUT2D eigenvalue weighted by Gasteiger charge is 2.30. The maximum absolute atomic E-state index is 11.8. The number of amides is 3. The van der Waals surface area contributed by atoms with Crippen LogP contribution < -0.4 is 10.6 Å². The highest BCUT2D eigenvalue weighted by atomic mass is 16.4. The van der Waals surface area contributed by atoms with Crippen molar-refractivity contribution in [3.63, 3.8) is 0 Å². The molecule has 2 rings (SSSR count). The van der Waals surface area contributed by atoms with E-state index in [4.69, 9.17) is 5.11 Å². The Bertz CT molecular complexity index is 547. The molecule has 22 heavy (non-hydrogen) atoms. The Kier molecular flexibility index (Phi) is 5.35. The molecule has 0 aliphatic carbocycles. The van der Waals surface area contributed by atoms with Gasteiger partial charge in [-0.2, -0.15) is 0 Å². The van der Waals surface area contributed by atoms with Crippen LogP contribution in [0.4, 0.5) is 4.79 Å². The molecule has 7 heteroatoms. The Morgan fingerprint density at radius 1 is 1.14 bits per heavy atom. The predicted molar refractivity (Wildman–Crippen MR) is 79.5 cm³/mol. The first kappa shape index (κ1) is 15.8. The van der Waals surface area contributed by atoms with E-state index >= 15 is 0 Å². The third-order valence-electron chi connectivity index (χ3n) is 3.55. The fourth-order valence-electron chi connectivity index (χ4n) is 2.30. The second-order valence-electron chi connectivity index (χ2n) is 5.12. The first-order valence-corrected chi connectivity index (χ1v) is 7.17. The van der Waals surface area contributed by atoms with Crippen LogP contribution in [0.5, 0.6) is 0 Å². The number of carboxylic acid groups (broad SMARTS) is 1. The lowest BCUT2D eigenvalue weighted by molar-refractivity contribution is -0.141. The van der Waals surface area contributed by atoms with E-state index < -0.39 is 11.9 Å². The molecule has 1 aromatic carbocycles. The van der Waals surface area contributed by atoms with Gasteiger partial charge in [-0.25, -0.2) is 4.79 Å². The van der Waals surface area contributed by atoms with Crippen LogP contribution in [0.2, 0.25) is 0 Å². The number of carboxylic acids is 1. The summed E-state index contributed by atoms with van der Waals surface area (Å²) in [5.74, 6) is -1.55. The monoisotopic (exact) mass is 305 g/mol. The van der Waals surface area contributed by atoms with E-state index in [0.717, 1.165) is 0 Å². The molecule has 0 aromatic heterocycles. The van der Waals surface area contributed by atoms with Crippen molar-refractivity contribution in [3.8, 4) is 0 Å². The van der Waals surface area contributed by atoms with Crippen molar-refractivity contribution < 1.29 is 19.5 Å². The number of rotatable bonds is 5. The number of carbonyl (C=O) groups excluding carboxylic acids is 2. The molecule has 1 unspecified atom stereocenters. The number of urea groups is 1. The average Bonchev–Trinajstić information content (AvgIpc) is 3.02. The van der Waals surface area contributed by atoms with Gasteiger partial charge in [-0.1, -0.05) is 18.2 Å². The fourth-order valence-corrected chi connectivity index (χ4v) is 2.30. The van der Waals surface area contributed by atoms with Gasteiger partial charge in [-0.3, -0.25) is 9.59 Å². The van der Waals surface area contributed by atoms with Crippen molar-refractivity contribution in [1.82, 2.24) is 15.5 Å². The Balaban J connectivity index is 1.66. The van der Waals surface area contributed by atoms with Crippen LogP contribution >= 0.6 is 0 Å². The Hall–Kier alpha value is -2.57. The molecule has 3 amide bonds. The van der Waals surface area contributed by atoms with E-state index in [9.17, 15) is 14.4 Å². The predicted octanol–water partition coefficient (Wildman–Crippen LogP) is 0.533. The minimum absolute atomic E-state index is 0.193. The summed E-state index contributed by atoms with van der Waals surface area (Å²) in [4.78, 5) is 35.9. The minimum atomic E-state index is -0.870. The molecular weight excluding hydrogens is 286 g/mol. The zero-order valence-electron chi connectivity index (χ0n) is 12.1. The maximum Gasteiger partial charge on any atom is 0.317 e. The molecule has 1 atom stereocenters. The molecule has 0 saturated carbocycles. The smallest absolute Gasteiger partial charge is 0.317 e. The van der Waals surface area contributed by atoms with Crippen molar-refractivity contribution >= 4 is 17.9 Å². The van der Waals surface area contributed by atoms with E-state index in [-0.39, 0.29) is 18.5 Å². The molecule has 7 nitrogen and oxygen atoms in total. The van der Waals surface area contributed by atoms with E-state index in [1.54, 1.807) is 24.3 Å². The van der Waals surface area contributed by atoms with E-state index in [1.165, 1.54) is 4.90 Å². The number of nitrogens with zero attached hydrogens (tertiary/aromatic N) is 1. The number of likely N-dealkylation sites (tertiary alicyclic amines) is 1. The molecule has 1 saturated heterocycles. The summed E-state index contributed by atoms with van der Waals surface area (Å²) in [5.41, 5.74) is 0.567. The van der Waals surface area contributed by atoms with Crippen molar-refractivity contribution in [2.24, 2.45) is 5.92 Å². The van der Waals surface area contributed by atoms with Gasteiger partial charge in [0.2, 0.25) is 0 Å². The molecule has 1 aromatic rings. The summed E-state index contributed by atoms with van der Waals surface area (Å²) < 4.78 is 0. The number of hydrogen-bond donors (Lipinski definition) is 3. The van der Waals surface area contributed by atoms with Crippen LogP contribution in [0.15, 0.2) is 30.3 Å². The van der Waals surface area contributed by atoms with E-state index in [1.807, 2.05) is 6.07 Å². The van der Waals surface area contributed by atoms with E-state index in [2.05, 4.69) is 10.6 Å². The van der Waals surface area contributed by atoms with Gasteiger partial charge in [0.1, 0.15) is 0 Å². The zero-order chi connectivity index (χ0) is 15.9. The third kappa shape index (κ3) is 4.21. The van der Waals surface area contributed by atoms with Crippen molar-refractivity contribution in [1.29, 1.82) is 0 Å². The first-order valence-electron chi connectivity index (χ1n) is 7.17. The Morgan fingerprint density at radius 2 is 1.82 bits per heavy atom. The number of aliphatic carboxylic acids is 1. The summed E-state index contributed by atoms with van der Waals surface area (Å²) in [6, 6.07) is 8.52. The zero-order valence-corrected chi connectivity index (χ0v) is 12.1. The van der Waals surface area contributed by atoms with Gasteiger partial charge in [0, 0.05) is 31.7 Å². The molecule has 1 aliphatic heterocycles. The molecule has 1 fully saturated rings. The quantitative estimate of drug-likeness (QED) is 0.691. The third-order valence-corrected chi connectivity index (χ3v) is 3.55. The van der Waals surface area contributed by atoms with Gasteiger partial charge >= 0.3 is 12.0 Å². The number of hydrogen-bond acceptors (Lipinski definition) is 3. The maximum atomic E-state index is 11.8. The normalized spacial score (nSPS) is 17.1. The molecule has 3 N–H and O–H groups in total. The van der Waals surface area contributed by atoms with Gasteiger partial charge in [-0.05, 0) is 18.6 Å². The second kappa shape index (κ2) is 7.44. The van der Waals surface area contributed by atoms with Gasteiger partial charge in [0.15, 0.2) is 0 Å². The average molecular weight is 305 g/mol. The van der Waals surface area contributed by atoms with Gasteiger partial charge in [0.25, 0.3) is 5.91 Å². The summed E-state index contributed by atoms with van der Waals surface area (Å²) in [6.45, 7) is 1.29. The Labute approximate surface area is 128 Å². The topological polar surface area (TPSA) is 98.7 Å². The molecule has 118 valence electrons. The summed E-state index contributed by atoms with van der Waals surface area (Å²) >= 11 is 0. The number of nitrogens with one attached hydrogen (secondary N) is 2. The highest BCUT2D eigenvalue weighted by molar-refractivity contribution is 5.94. The molecular formula is C15H19N3O4. The SMILES string of the molecule is O=C(NCCNC(=O)N1CCC(C(=O)O)C1)c1ccccc1. The molecule has 1 heterocycles. The summed E-state index contributed by atoms with van der Waals surface area (Å²) in [5, 5.41) is 14.3. The molecule has 0 bridgehead atoms. The lowest BCUT2D eigenvalue weighted by atomic mass is 10.1. The number of benzene rings is 1. The molecule has 1 aliphatic rings. The molecule has 0 spiro atoms. The van der Waals surface area contributed by atoms with Crippen molar-refractivity contribution in [3.05, 3.63) is 35.9 Å². The molecule has 0 radical (unpaired) electrons. The summed E-state index contributed by atoms with van der Waals surface area (Å²) in [7, 11) is 0. The fraction of sp³-hybridized carbons (Fsp3) is 0.400. The van der Waals surface area contributed by atoms with Gasteiger partial charge in [-0.15, -0.1) is 0 Å². The van der Waals surface area contributed by atoms with Crippen LogP contribution in [-0.2, 0) is 4.79 Å². The van der Waals surface area contributed by atoms with Crippen LogP contribution in [0.25, 0.3) is 0 Å². The lowest BCUT2D eigenvalue weighted by Crippen LogP contribution is -2.42. The lowest BCUT2D eigenvalue weighted by Gasteiger charge is -2.16.